The predicted octanol–water partition coefficient (Wildman–Crippen LogP) is 2.61. The fourth-order valence-corrected chi connectivity index (χ4v) is 5.09. The summed E-state index contributed by atoms with van der Waals surface area (Å²) in [5.74, 6) is 0.657. The molecule has 3 rings (SSSR count). The molecule has 3 heterocycles. The zero-order valence-electron chi connectivity index (χ0n) is 13.8. The Morgan fingerprint density at radius 3 is 3.09 bits per heavy atom. The predicted molar refractivity (Wildman–Crippen MR) is 96.3 cm³/mol. The minimum atomic E-state index is 0.212. The summed E-state index contributed by atoms with van der Waals surface area (Å²) in [6, 6.07) is 0.337. The molecule has 1 amide bonds. The first-order valence-corrected chi connectivity index (χ1v) is 9.69. The second kappa shape index (κ2) is 7.15. The van der Waals surface area contributed by atoms with Gasteiger partial charge in [0, 0.05) is 29.4 Å². The molecule has 5 nitrogen and oxygen atoms in total. The second-order valence-electron chi connectivity index (χ2n) is 5.87. The van der Waals surface area contributed by atoms with Crippen LogP contribution in [0.5, 0.6) is 0 Å². The summed E-state index contributed by atoms with van der Waals surface area (Å²) in [6.45, 7) is 5.96. The van der Waals surface area contributed by atoms with Gasteiger partial charge in [0.15, 0.2) is 0 Å². The van der Waals surface area contributed by atoms with Crippen molar-refractivity contribution in [3.8, 4) is 0 Å². The van der Waals surface area contributed by atoms with Crippen LogP contribution in [0.15, 0.2) is 11.4 Å². The lowest BCUT2D eigenvalue weighted by Crippen LogP contribution is -2.41. The Balaban J connectivity index is 1.72. The van der Waals surface area contributed by atoms with Gasteiger partial charge in [0.05, 0.1) is 5.75 Å². The maximum atomic E-state index is 12.6. The normalized spacial score (nSPS) is 18.0. The molecule has 1 aliphatic rings. The van der Waals surface area contributed by atoms with E-state index in [1.807, 2.05) is 11.9 Å². The molecule has 2 aromatic heterocycles. The number of fused-ring (bicyclic) bond motifs is 1. The van der Waals surface area contributed by atoms with Crippen LogP contribution in [0, 0.1) is 13.8 Å². The molecule has 1 unspecified atom stereocenters. The summed E-state index contributed by atoms with van der Waals surface area (Å²) in [4.78, 5) is 25.6. The molecule has 1 fully saturated rings. The van der Waals surface area contributed by atoms with Crippen LogP contribution < -0.4 is 5.32 Å². The SMILES string of the molecule is CNCC1CCCN1C(=O)CSc1ncnc2sc(C)c(C)c12. The van der Waals surface area contributed by atoms with Crippen LogP contribution in [0.25, 0.3) is 10.2 Å². The van der Waals surface area contributed by atoms with Gasteiger partial charge in [0.1, 0.15) is 16.2 Å². The van der Waals surface area contributed by atoms with Gasteiger partial charge in [-0.05, 0) is 39.3 Å². The molecule has 1 aliphatic heterocycles. The van der Waals surface area contributed by atoms with E-state index in [0.29, 0.717) is 11.8 Å². The molecule has 0 spiro atoms. The minimum Gasteiger partial charge on any atom is -0.338 e. The number of thiophene rings is 1. The summed E-state index contributed by atoms with van der Waals surface area (Å²) in [5, 5.41) is 5.22. The summed E-state index contributed by atoms with van der Waals surface area (Å²) < 4.78 is 0. The van der Waals surface area contributed by atoms with Crippen molar-refractivity contribution in [1.82, 2.24) is 20.2 Å². The number of nitrogens with zero attached hydrogens (tertiary/aromatic N) is 3. The van der Waals surface area contributed by atoms with Crippen LogP contribution in [0.1, 0.15) is 23.3 Å². The average Bonchev–Trinajstić information content (AvgIpc) is 3.11. The Morgan fingerprint density at radius 2 is 2.30 bits per heavy atom. The van der Waals surface area contributed by atoms with Crippen LogP contribution in [0.3, 0.4) is 0 Å². The monoisotopic (exact) mass is 350 g/mol. The maximum Gasteiger partial charge on any atom is 0.233 e. The Labute approximate surface area is 144 Å². The zero-order valence-corrected chi connectivity index (χ0v) is 15.4. The number of nitrogens with one attached hydrogen (secondary N) is 1. The fraction of sp³-hybridized carbons (Fsp3) is 0.562. The smallest absolute Gasteiger partial charge is 0.233 e. The number of likely N-dealkylation sites (N-methyl/N-ethyl adjacent to an activating group) is 1. The van der Waals surface area contributed by atoms with Gasteiger partial charge in [0.25, 0.3) is 0 Å². The Morgan fingerprint density at radius 1 is 1.48 bits per heavy atom. The van der Waals surface area contributed by atoms with Gasteiger partial charge in [-0.1, -0.05) is 11.8 Å². The highest BCUT2D eigenvalue weighted by Gasteiger charge is 2.28. The van der Waals surface area contributed by atoms with Crippen molar-refractivity contribution < 1.29 is 4.79 Å². The van der Waals surface area contributed by atoms with Gasteiger partial charge in [-0.25, -0.2) is 9.97 Å². The van der Waals surface area contributed by atoms with E-state index in [4.69, 9.17) is 0 Å². The Bertz CT molecular complexity index is 715. The van der Waals surface area contributed by atoms with Crippen LogP contribution in [-0.4, -0.2) is 52.7 Å². The van der Waals surface area contributed by atoms with Crippen molar-refractivity contribution in [2.75, 3.05) is 25.9 Å². The first kappa shape index (κ1) is 16.7. The van der Waals surface area contributed by atoms with Crippen molar-refractivity contribution in [1.29, 1.82) is 0 Å². The second-order valence-corrected chi connectivity index (χ2v) is 8.04. The van der Waals surface area contributed by atoms with Crippen molar-refractivity contribution >= 4 is 39.2 Å². The summed E-state index contributed by atoms with van der Waals surface area (Å²) in [5.41, 5.74) is 1.23. The molecule has 1 saturated heterocycles. The topological polar surface area (TPSA) is 58.1 Å². The molecule has 0 aromatic carbocycles. The lowest BCUT2D eigenvalue weighted by Gasteiger charge is -2.24. The van der Waals surface area contributed by atoms with E-state index in [1.54, 1.807) is 17.7 Å². The van der Waals surface area contributed by atoms with E-state index < -0.39 is 0 Å². The highest BCUT2D eigenvalue weighted by atomic mass is 32.2. The molecule has 23 heavy (non-hydrogen) atoms. The standard InChI is InChI=1S/C16H22N4OS2/c1-10-11(2)23-16-14(10)15(18-9-19-16)22-8-13(21)20-6-4-5-12(20)7-17-3/h9,12,17H,4-8H2,1-3H3. The molecule has 7 heteroatoms. The highest BCUT2D eigenvalue weighted by molar-refractivity contribution is 8.00. The van der Waals surface area contributed by atoms with Crippen LogP contribution in [0.2, 0.25) is 0 Å². The lowest BCUT2D eigenvalue weighted by atomic mass is 10.2. The van der Waals surface area contributed by atoms with E-state index in [1.165, 1.54) is 22.2 Å². The van der Waals surface area contributed by atoms with Crippen LogP contribution in [0.4, 0.5) is 0 Å². The zero-order chi connectivity index (χ0) is 16.4. The quantitative estimate of drug-likeness (QED) is 0.663. The third-order valence-electron chi connectivity index (χ3n) is 4.40. The third-order valence-corrected chi connectivity index (χ3v) is 6.49. The number of aryl methyl sites for hydroxylation is 2. The van der Waals surface area contributed by atoms with Gasteiger partial charge in [-0.15, -0.1) is 11.3 Å². The number of thioether (sulfide) groups is 1. The minimum absolute atomic E-state index is 0.212. The highest BCUT2D eigenvalue weighted by Crippen LogP contribution is 2.34. The number of likely N-dealkylation sites (tertiary alicyclic amines) is 1. The number of carbonyl (C=O) groups excluding carboxylic acids is 1. The number of amides is 1. The van der Waals surface area contributed by atoms with E-state index in [-0.39, 0.29) is 5.91 Å². The van der Waals surface area contributed by atoms with Crippen molar-refractivity contribution in [2.24, 2.45) is 0 Å². The lowest BCUT2D eigenvalue weighted by molar-refractivity contribution is -0.129. The molecule has 1 N–H and O–H groups in total. The third kappa shape index (κ3) is 3.36. The molecule has 1 atom stereocenters. The number of hydrogen-bond donors (Lipinski definition) is 1. The van der Waals surface area contributed by atoms with Gasteiger partial charge in [-0.2, -0.15) is 0 Å². The van der Waals surface area contributed by atoms with Gasteiger partial charge in [-0.3, -0.25) is 4.79 Å². The molecule has 0 radical (unpaired) electrons. The van der Waals surface area contributed by atoms with Gasteiger partial charge >= 0.3 is 0 Å². The molecule has 2 aromatic rings. The van der Waals surface area contributed by atoms with E-state index >= 15 is 0 Å². The fourth-order valence-electron chi connectivity index (χ4n) is 3.08. The van der Waals surface area contributed by atoms with E-state index in [2.05, 4.69) is 29.1 Å². The van der Waals surface area contributed by atoms with Gasteiger partial charge in [0.2, 0.25) is 5.91 Å². The summed E-state index contributed by atoms with van der Waals surface area (Å²) >= 11 is 3.23. The van der Waals surface area contributed by atoms with E-state index in [9.17, 15) is 4.79 Å². The van der Waals surface area contributed by atoms with Crippen molar-refractivity contribution in [2.45, 2.75) is 37.8 Å². The van der Waals surface area contributed by atoms with Crippen LogP contribution >= 0.6 is 23.1 Å². The van der Waals surface area contributed by atoms with Crippen molar-refractivity contribution in [3.05, 3.63) is 16.8 Å². The summed E-state index contributed by atoms with van der Waals surface area (Å²) in [6.07, 6.45) is 3.80. The number of hydrogen-bond acceptors (Lipinski definition) is 6. The molecule has 0 aliphatic carbocycles. The molecular formula is C16H22N4OS2. The molecule has 0 bridgehead atoms. The maximum absolute atomic E-state index is 12.6. The number of carbonyl (C=O) groups is 1. The molecule has 124 valence electrons. The largest absolute Gasteiger partial charge is 0.338 e. The molecule has 0 saturated carbocycles. The summed E-state index contributed by atoms with van der Waals surface area (Å²) in [7, 11) is 1.94. The molecular weight excluding hydrogens is 328 g/mol. The first-order chi connectivity index (χ1) is 11.1. The average molecular weight is 351 g/mol. The number of aromatic nitrogens is 2. The van der Waals surface area contributed by atoms with E-state index in [0.717, 1.165) is 41.2 Å². The number of rotatable bonds is 5. The van der Waals surface area contributed by atoms with Crippen molar-refractivity contribution in [3.63, 3.8) is 0 Å². The van der Waals surface area contributed by atoms with Crippen LogP contribution in [-0.2, 0) is 4.79 Å². The first-order valence-electron chi connectivity index (χ1n) is 7.89. The Hall–Kier alpha value is -1.18. The van der Waals surface area contributed by atoms with Gasteiger partial charge < -0.3 is 10.2 Å². The Kier molecular flexibility index (Phi) is 5.18.